The zero-order valence-electron chi connectivity index (χ0n) is 24.6. The van der Waals surface area contributed by atoms with E-state index in [0.717, 1.165) is 21.9 Å². The molecule has 3 rings (SSSR count). The van der Waals surface area contributed by atoms with Crippen LogP contribution >= 0.6 is 11.6 Å². The molecule has 0 fully saturated rings. The van der Waals surface area contributed by atoms with Gasteiger partial charge in [-0.25, -0.2) is 8.42 Å². The summed E-state index contributed by atoms with van der Waals surface area (Å²) in [7, 11) is -1.43. The lowest BCUT2D eigenvalue weighted by molar-refractivity contribution is -0.140. The highest BCUT2D eigenvalue weighted by Gasteiger charge is 2.34. The van der Waals surface area contributed by atoms with Gasteiger partial charge in [-0.2, -0.15) is 0 Å². The quantitative estimate of drug-likeness (QED) is 0.267. The van der Waals surface area contributed by atoms with Gasteiger partial charge in [-0.05, 0) is 61.7 Å². The summed E-state index contributed by atoms with van der Waals surface area (Å²) in [6.45, 7) is 5.77. The topological polar surface area (TPSA) is 105 Å². The number of halogens is 1. The van der Waals surface area contributed by atoms with Crippen LogP contribution in [0.15, 0.2) is 71.6 Å². The van der Waals surface area contributed by atoms with Gasteiger partial charge in [0.25, 0.3) is 10.0 Å². The van der Waals surface area contributed by atoms with Gasteiger partial charge in [0, 0.05) is 24.2 Å². The van der Waals surface area contributed by atoms with Crippen LogP contribution in [0, 0.1) is 6.92 Å². The lowest BCUT2D eigenvalue weighted by atomic mass is 10.1. The number of nitrogens with zero attached hydrogens (tertiary/aromatic N) is 2. The Kier molecular flexibility index (Phi) is 11.6. The molecular formula is C31H38ClN3O6S. The summed E-state index contributed by atoms with van der Waals surface area (Å²) in [5.41, 5.74) is 2.11. The summed E-state index contributed by atoms with van der Waals surface area (Å²) < 4.78 is 39.8. The lowest BCUT2D eigenvalue weighted by Crippen LogP contribution is -2.52. The minimum absolute atomic E-state index is 0.0966. The third-order valence-corrected chi connectivity index (χ3v) is 8.77. The minimum Gasteiger partial charge on any atom is -0.493 e. The number of methoxy groups -OCH3 is 2. The van der Waals surface area contributed by atoms with Crippen molar-refractivity contribution >= 4 is 39.1 Å². The molecule has 11 heteroatoms. The van der Waals surface area contributed by atoms with E-state index in [4.69, 9.17) is 21.1 Å². The molecule has 0 aliphatic heterocycles. The van der Waals surface area contributed by atoms with E-state index in [-0.39, 0.29) is 28.8 Å². The Morgan fingerprint density at radius 2 is 1.57 bits per heavy atom. The number of aryl methyl sites for hydroxylation is 1. The molecule has 42 heavy (non-hydrogen) atoms. The van der Waals surface area contributed by atoms with Crippen molar-refractivity contribution in [2.75, 3.05) is 31.6 Å². The molecule has 9 nitrogen and oxygen atoms in total. The lowest BCUT2D eigenvalue weighted by Gasteiger charge is -2.33. The Bertz CT molecular complexity index is 1460. The fraction of sp³-hybridized carbons (Fsp3) is 0.355. The molecule has 1 unspecified atom stereocenters. The number of sulfonamides is 1. The molecule has 3 aromatic rings. The van der Waals surface area contributed by atoms with E-state index in [0.29, 0.717) is 23.7 Å². The number of hydrogen-bond donors (Lipinski definition) is 1. The van der Waals surface area contributed by atoms with Crippen LogP contribution in [0.5, 0.6) is 11.5 Å². The Labute approximate surface area is 253 Å². The van der Waals surface area contributed by atoms with Gasteiger partial charge in [-0.1, -0.05) is 55.3 Å². The SMILES string of the molecule is CCCNC(=O)C(CC)N(Cc1ccc(C)cc1)C(=O)CN(c1ccc(Cl)cc1)S(=O)(=O)c1ccc(OC)c(OC)c1. The summed E-state index contributed by atoms with van der Waals surface area (Å²) in [4.78, 5) is 28.7. The molecule has 0 aliphatic carbocycles. The number of anilines is 1. The molecule has 0 spiro atoms. The first-order chi connectivity index (χ1) is 20.0. The van der Waals surface area contributed by atoms with Crippen molar-refractivity contribution in [3.63, 3.8) is 0 Å². The van der Waals surface area contributed by atoms with Crippen LogP contribution in [-0.4, -0.2) is 58.5 Å². The van der Waals surface area contributed by atoms with E-state index in [1.165, 1.54) is 49.5 Å². The fourth-order valence-electron chi connectivity index (χ4n) is 4.42. The number of nitrogens with one attached hydrogen (secondary N) is 1. The van der Waals surface area contributed by atoms with Gasteiger partial charge in [0.2, 0.25) is 11.8 Å². The Morgan fingerprint density at radius 3 is 2.14 bits per heavy atom. The third-order valence-electron chi connectivity index (χ3n) is 6.75. The molecule has 0 saturated heterocycles. The van der Waals surface area contributed by atoms with Gasteiger partial charge in [-0.3, -0.25) is 13.9 Å². The largest absolute Gasteiger partial charge is 0.493 e. The summed E-state index contributed by atoms with van der Waals surface area (Å²) in [5.74, 6) is -0.243. The van der Waals surface area contributed by atoms with Gasteiger partial charge in [0.1, 0.15) is 12.6 Å². The molecule has 1 atom stereocenters. The van der Waals surface area contributed by atoms with Crippen LogP contribution in [0.2, 0.25) is 5.02 Å². The smallest absolute Gasteiger partial charge is 0.264 e. The Morgan fingerprint density at radius 1 is 0.929 bits per heavy atom. The van der Waals surface area contributed by atoms with Gasteiger partial charge in [0.05, 0.1) is 24.8 Å². The summed E-state index contributed by atoms with van der Waals surface area (Å²) >= 11 is 6.10. The van der Waals surface area contributed by atoms with Crippen molar-refractivity contribution in [1.29, 1.82) is 0 Å². The fourth-order valence-corrected chi connectivity index (χ4v) is 5.97. The molecular weight excluding hydrogens is 578 g/mol. The summed E-state index contributed by atoms with van der Waals surface area (Å²) in [6, 6.07) is 17.2. The Balaban J connectivity index is 2.08. The van der Waals surface area contributed by atoms with Crippen LogP contribution in [0.3, 0.4) is 0 Å². The molecule has 0 bridgehead atoms. The highest BCUT2D eigenvalue weighted by Crippen LogP contribution is 2.32. The van der Waals surface area contributed by atoms with Crippen molar-refractivity contribution in [2.24, 2.45) is 0 Å². The first-order valence-corrected chi connectivity index (χ1v) is 15.5. The van der Waals surface area contributed by atoms with Crippen molar-refractivity contribution in [3.05, 3.63) is 82.9 Å². The van der Waals surface area contributed by atoms with Crippen molar-refractivity contribution in [3.8, 4) is 11.5 Å². The van der Waals surface area contributed by atoms with E-state index < -0.39 is 28.5 Å². The maximum absolute atomic E-state index is 14.1. The highest BCUT2D eigenvalue weighted by atomic mass is 35.5. The van der Waals surface area contributed by atoms with E-state index in [1.54, 1.807) is 12.1 Å². The monoisotopic (exact) mass is 615 g/mol. The van der Waals surface area contributed by atoms with E-state index in [1.807, 2.05) is 45.0 Å². The summed E-state index contributed by atoms with van der Waals surface area (Å²) in [6.07, 6.45) is 1.08. The van der Waals surface area contributed by atoms with Gasteiger partial charge in [-0.15, -0.1) is 0 Å². The molecule has 3 aromatic carbocycles. The van der Waals surface area contributed by atoms with Crippen molar-refractivity contribution < 1.29 is 27.5 Å². The molecule has 226 valence electrons. The average molecular weight is 616 g/mol. The second kappa shape index (κ2) is 14.9. The van der Waals surface area contributed by atoms with Gasteiger partial charge in [0.15, 0.2) is 11.5 Å². The first-order valence-electron chi connectivity index (χ1n) is 13.7. The molecule has 0 heterocycles. The molecule has 2 amide bonds. The molecule has 0 aromatic heterocycles. The van der Waals surface area contributed by atoms with Crippen LogP contribution in [0.25, 0.3) is 0 Å². The van der Waals surface area contributed by atoms with E-state index >= 15 is 0 Å². The first kappa shape index (κ1) is 32.8. The normalized spacial score (nSPS) is 11.9. The number of carbonyl (C=O) groups is 2. The van der Waals surface area contributed by atoms with E-state index in [2.05, 4.69) is 5.32 Å². The average Bonchev–Trinajstić information content (AvgIpc) is 2.99. The van der Waals surface area contributed by atoms with Gasteiger partial charge < -0.3 is 19.7 Å². The maximum Gasteiger partial charge on any atom is 0.264 e. The maximum atomic E-state index is 14.1. The number of benzene rings is 3. The molecule has 0 radical (unpaired) electrons. The number of amides is 2. The van der Waals surface area contributed by atoms with Crippen LogP contribution in [-0.2, 0) is 26.2 Å². The molecule has 0 saturated carbocycles. The minimum atomic E-state index is -4.29. The zero-order chi connectivity index (χ0) is 30.9. The molecule has 1 N–H and O–H groups in total. The van der Waals surface area contributed by atoms with Crippen LogP contribution in [0.1, 0.15) is 37.8 Å². The number of hydrogen-bond acceptors (Lipinski definition) is 6. The zero-order valence-corrected chi connectivity index (χ0v) is 26.2. The van der Waals surface area contributed by atoms with E-state index in [9.17, 15) is 18.0 Å². The standard InChI is InChI=1S/C31H38ClN3O6S/c1-6-18-33-31(37)27(7-2)34(20-23-10-8-22(3)9-11-23)30(36)21-35(25-14-12-24(32)13-15-25)42(38,39)26-16-17-28(40-4)29(19-26)41-5/h8-17,19,27H,6-7,18,20-21H2,1-5H3,(H,33,37). The predicted molar refractivity (Wildman–Crippen MR) is 165 cm³/mol. The number of rotatable bonds is 14. The number of ether oxygens (including phenoxy) is 2. The third kappa shape index (κ3) is 7.95. The van der Waals surface area contributed by atoms with Crippen molar-refractivity contribution in [2.45, 2.75) is 51.1 Å². The molecule has 0 aliphatic rings. The highest BCUT2D eigenvalue weighted by molar-refractivity contribution is 7.92. The predicted octanol–water partition coefficient (Wildman–Crippen LogP) is 5.19. The Hall–Kier alpha value is -3.76. The van der Waals surface area contributed by atoms with Crippen LogP contribution in [0.4, 0.5) is 5.69 Å². The van der Waals surface area contributed by atoms with Crippen LogP contribution < -0.4 is 19.1 Å². The second-order valence-corrected chi connectivity index (χ2v) is 12.0. The van der Waals surface area contributed by atoms with Crippen molar-refractivity contribution in [1.82, 2.24) is 10.2 Å². The second-order valence-electron chi connectivity index (χ2n) is 9.73. The van der Waals surface area contributed by atoms with Gasteiger partial charge >= 0.3 is 0 Å². The summed E-state index contributed by atoms with van der Waals surface area (Å²) in [5, 5.41) is 3.29. The number of carbonyl (C=O) groups excluding carboxylic acids is 2.